The van der Waals surface area contributed by atoms with Crippen molar-refractivity contribution in [2.24, 2.45) is 0 Å². The minimum Gasteiger partial charge on any atom is -0.351 e. The lowest BCUT2D eigenvalue weighted by Crippen LogP contribution is -2.30. The van der Waals surface area contributed by atoms with Gasteiger partial charge in [-0.3, -0.25) is 5.32 Å². The van der Waals surface area contributed by atoms with Gasteiger partial charge in [0.1, 0.15) is 11.0 Å². The molecule has 122 valence electrons. The van der Waals surface area contributed by atoms with Crippen LogP contribution < -0.4 is 15.5 Å². The van der Waals surface area contributed by atoms with Gasteiger partial charge in [-0.25, -0.2) is 19.7 Å². The number of nitrogens with one attached hydrogen (secondary N) is 2. The number of hydrogen-bond acceptors (Lipinski definition) is 7. The summed E-state index contributed by atoms with van der Waals surface area (Å²) in [6.07, 6.45) is 2.72. The Morgan fingerprint density at radius 3 is 3.00 bits per heavy atom. The molecule has 2 aromatic heterocycles. The lowest BCUT2D eigenvalue weighted by atomic mass is 10.2. The van der Waals surface area contributed by atoms with Crippen molar-refractivity contribution in [3.63, 3.8) is 0 Å². The van der Waals surface area contributed by atoms with E-state index in [0.717, 1.165) is 29.4 Å². The summed E-state index contributed by atoms with van der Waals surface area (Å²) >= 11 is 9.02. The summed E-state index contributed by atoms with van der Waals surface area (Å²) in [7, 11) is 1.58. The molecular formula is C13H15ClN6OS2. The zero-order chi connectivity index (χ0) is 16.4. The molecular weight excluding hydrogens is 356 g/mol. The zero-order valence-corrected chi connectivity index (χ0v) is 15.0. The fraction of sp³-hybridized carbons (Fsp3) is 0.385. The highest BCUT2D eigenvalue weighted by atomic mass is 35.5. The Labute approximate surface area is 146 Å². The first-order chi connectivity index (χ1) is 11.1. The number of aromatic nitrogens is 3. The van der Waals surface area contributed by atoms with Crippen LogP contribution in [0.4, 0.5) is 15.7 Å². The number of amides is 2. The van der Waals surface area contributed by atoms with Crippen LogP contribution in [0, 0.1) is 0 Å². The number of carbonyl (C=O) groups excluding carboxylic acids is 1. The third kappa shape index (κ3) is 3.67. The van der Waals surface area contributed by atoms with Gasteiger partial charge in [-0.15, -0.1) is 0 Å². The first-order valence-corrected chi connectivity index (χ1v) is 9.32. The number of rotatable bonds is 3. The van der Waals surface area contributed by atoms with Crippen molar-refractivity contribution in [2.75, 3.05) is 30.1 Å². The van der Waals surface area contributed by atoms with E-state index < -0.39 is 0 Å². The maximum absolute atomic E-state index is 11.4. The zero-order valence-electron chi connectivity index (χ0n) is 12.6. The van der Waals surface area contributed by atoms with Gasteiger partial charge in [-0.1, -0.05) is 34.7 Å². The Bertz CT molecular complexity index is 737. The van der Waals surface area contributed by atoms with Crippen molar-refractivity contribution in [2.45, 2.75) is 18.1 Å². The summed E-state index contributed by atoms with van der Waals surface area (Å²) in [6.45, 7) is 1.50. The summed E-state index contributed by atoms with van der Waals surface area (Å²) in [5, 5.41) is 6.95. The van der Waals surface area contributed by atoms with Crippen LogP contribution in [0.3, 0.4) is 0 Å². The predicted octanol–water partition coefficient (Wildman–Crippen LogP) is 2.62. The van der Waals surface area contributed by atoms with Crippen molar-refractivity contribution in [3.8, 4) is 0 Å². The van der Waals surface area contributed by atoms with E-state index in [0.29, 0.717) is 22.0 Å². The third-order valence-corrected chi connectivity index (χ3v) is 5.09. The molecule has 3 rings (SSSR count). The Kier molecular flexibility index (Phi) is 4.88. The van der Waals surface area contributed by atoms with Crippen molar-refractivity contribution >= 4 is 51.7 Å². The smallest absolute Gasteiger partial charge is 0.320 e. The predicted molar refractivity (Wildman–Crippen MR) is 93.8 cm³/mol. The lowest BCUT2D eigenvalue weighted by Gasteiger charge is -2.27. The molecule has 2 amide bonds. The number of fused-ring (bicyclic) bond motifs is 1. The lowest BCUT2D eigenvalue weighted by molar-refractivity contribution is 0.254. The van der Waals surface area contributed by atoms with E-state index >= 15 is 0 Å². The number of nitrogens with zero attached hydrogens (tertiary/aromatic N) is 4. The van der Waals surface area contributed by atoms with Gasteiger partial charge < -0.3 is 10.2 Å². The Morgan fingerprint density at radius 1 is 1.43 bits per heavy atom. The monoisotopic (exact) mass is 370 g/mol. The Balaban J connectivity index is 1.80. The molecule has 0 atom stereocenters. The van der Waals surface area contributed by atoms with E-state index in [4.69, 9.17) is 11.6 Å². The second-order valence-electron chi connectivity index (χ2n) is 4.80. The van der Waals surface area contributed by atoms with E-state index in [1.54, 1.807) is 13.1 Å². The molecule has 0 aromatic carbocycles. The second kappa shape index (κ2) is 6.90. The van der Waals surface area contributed by atoms with Gasteiger partial charge in [-0.2, -0.15) is 0 Å². The van der Waals surface area contributed by atoms with Gasteiger partial charge in [0.2, 0.25) is 0 Å². The van der Waals surface area contributed by atoms with Gasteiger partial charge in [0.25, 0.3) is 0 Å². The highest BCUT2D eigenvalue weighted by Crippen LogP contribution is 2.31. The standard InChI is InChI=1S/C13H15ClN6OS2/c1-15-11(21)19-13-16-7-3-4-20(6-8(7)23-13)10-5-9(14)17-12(18-10)22-2/h5H,3-4,6H2,1-2H3,(H2,15,16,19,21). The van der Waals surface area contributed by atoms with Gasteiger partial charge in [0, 0.05) is 31.0 Å². The number of hydrogen-bond donors (Lipinski definition) is 2. The molecule has 0 unspecified atom stereocenters. The number of thiazole rings is 1. The highest BCUT2D eigenvalue weighted by molar-refractivity contribution is 7.98. The summed E-state index contributed by atoms with van der Waals surface area (Å²) in [6, 6.07) is 1.51. The molecule has 2 aromatic rings. The molecule has 1 aliphatic heterocycles. The average Bonchev–Trinajstić information content (AvgIpc) is 2.95. The Hall–Kier alpha value is -1.58. The molecule has 1 aliphatic rings. The fourth-order valence-corrected chi connectivity index (χ4v) is 3.86. The minimum absolute atomic E-state index is 0.264. The van der Waals surface area contributed by atoms with Gasteiger partial charge in [0.15, 0.2) is 10.3 Å². The number of halogens is 1. The maximum atomic E-state index is 11.4. The maximum Gasteiger partial charge on any atom is 0.320 e. The average molecular weight is 371 g/mol. The van der Waals surface area contributed by atoms with E-state index in [9.17, 15) is 4.79 Å². The van der Waals surface area contributed by atoms with Crippen molar-refractivity contribution < 1.29 is 4.79 Å². The molecule has 0 saturated heterocycles. The van der Waals surface area contributed by atoms with Gasteiger partial charge >= 0.3 is 6.03 Å². The first-order valence-electron chi connectivity index (χ1n) is 6.90. The summed E-state index contributed by atoms with van der Waals surface area (Å²) in [5.41, 5.74) is 1.03. The van der Waals surface area contributed by atoms with Crippen LogP contribution >= 0.6 is 34.7 Å². The van der Waals surface area contributed by atoms with Crippen LogP contribution in [0.25, 0.3) is 0 Å². The van der Waals surface area contributed by atoms with Crippen LogP contribution in [0.15, 0.2) is 11.2 Å². The number of anilines is 2. The summed E-state index contributed by atoms with van der Waals surface area (Å²) in [5.74, 6) is 0.814. The minimum atomic E-state index is -0.264. The van der Waals surface area contributed by atoms with Gasteiger partial charge in [0.05, 0.1) is 12.2 Å². The second-order valence-corrected chi connectivity index (χ2v) is 7.04. The SMILES string of the molecule is CNC(=O)Nc1nc2c(s1)CN(c1cc(Cl)nc(SC)n1)CC2. The van der Waals surface area contributed by atoms with E-state index in [1.165, 1.54) is 23.1 Å². The molecule has 0 radical (unpaired) electrons. The van der Waals surface area contributed by atoms with Crippen LogP contribution in [0.5, 0.6) is 0 Å². The third-order valence-electron chi connectivity index (χ3n) is 3.35. The normalized spacial score (nSPS) is 13.6. The summed E-state index contributed by atoms with van der Waals surface area (Å²) < 4.78 is 0. The number of thioether (sulfide) groups is 1. The molecule has 0 saturated carbocycles. The first kappa shape index (κ1) is 16.3. The van der Waals surface area contributed by atoms with Crippen LogP contribution in [-0.4, -0.2) is 40.8 Å². The highest BCUT2D eigenvalue weighted by Gasteiger charge is 2.23. The molecule has 0 aliphatic carbocycles. The molecule has 0 fully saturated rings. The van der Waals surface area contributed by atoms with Crippen molar-refractivity contribution in [1.29, 1.82) is 0 Å². The fourth-order valence-electron chi connectivity index (χ4n) is 2.24. The molecule has 3 heterocycles. The quantitative estimate of drug-likeness (QED) is 0.491. The van der Waals surface area contributed by atoms with Crippen molar-refractivity contribution in [3.05, 3.63) is 21.8 Å². The van der Waals surface area contributed by atoms with Crippen LogP contribution in [0.2, 0.25) is 5.15 Å². The topological polar surface area (TPSA) is 83.0 Å². The molecule has 0 bridgehead atoms. The number of carbonyl (C=O) groups is 1. The molecule has 2 N–H and O–H groups in total. The summed E-state index contributed by atoms with van der Waals surface area (Å²) in [4.78, 5) is 27.8. The molecule has 23 heavy (non-hydrogen) atoms. The number of urea groups is 1. The Morgan fingerprint density at radius 2 is 2.26 bits per heavy atom. The van der Waals surface area contributed by atoms with E-state index in [-0.39, 0.29) is 6.03 Å². The molecule has 10 heteroatoms. The van der Waals surface area contributed by atoms with Gasteiger partial charge in [-0.05, 0) is 6.26 Å². The molecule has 0 spiro atoms. The van der Waals surface area contributed by atoms with E-state index in [1.807, 2.05) is 6.26 Å². The van der Waals surface area contributed by atoms with Crippen molar-refractivity contribution in [1.82, 2.24) is 20.3 Å². The van der Waals surface area contributed by atoms with Crippen LogP contribution in [0.1, 0.15) is 10.6 Å². The molecule has 7 nitrogen and oxygen atoms in total. The van der Waals surface area contributed by atoms with Crippen LogP contribution in [-0.2, 0) is 13.0 Å². The largest absolute Gasteiger partial charge is 0.351 e. The van der Waals surface area contributed by atoms with E-state index in [2.05, 4.69) is 30.5 Å².